The third-order valence-corrected chi connectivity index (χ3v) is 6.63. The van der Waals surface area contributed by atoms with E-state index in [1.165, 1.54) is 47.7 Å². The molecule has 0 unspecified atom stereocenters. The number of allylic oxidation sites excluding steroid dienone is 1. The van der Waals surface area contributed by atoms with Crippen LogP contribution in [0.3, 0.4) is 0 Å². The van der Waals surface area contributed by atoms with Crippen molar-refractivity contribution in [3.05, 3.63) is 64.6 Å². The summed E-state index contributed by atoms with van der Waals surface area (Å²) >= 11 is 1.49. The Hall–Kier alpha value is -3.07. The fraction of sp³-hybridized carbons (Fsp3) is 0.375. The van der Waals surface area contributed by atoms with Gasteiger partial charge in [0.25, 0.3) is 12.3 Å². The summed E-state index contributed by atoms with van der Waals surface area (Å²) in [6, 6.07) is 7.39. The van der Waals surface area contributed by atoms with Gasteiger partial charge in [0.1, 0.15) is 5.69 Å². The Bertz CT molecular complexity index is 1170. The summed E-state index contributed by atoms with van der Waals surface area (Å²) in [5.74, 6) is -0.304. The number of anilines is 1. The number of nitrogens with one attached hydrogen (secondary N) is 2. The van der Waals surface area contributed by atoms with Crippen LogP contribution in [0.5, 0.6) is 0 Å². The van der Waals surface area contributed by atoms with Crippen LogP contribution >= 0.6 is 11.3 Å². The van der Waals surface area contributed by atoms with Crippen LogP contribution in [0.25, 0.3) is 11.4 Å². The molecule has 0 atom stereocenters. The van der Waals surface area contributed by atoms with Crippen molar-refractivity contribution in [1.82, 2.24) is 19.9 Å². The number of hydrogen-bond donors (Lipinski definition) is 2. The third kappa shape index (κ3) is 5.13. The summed E-state index contributed by atoms with van der Waals surface area (Å²) in [4.78, 5) is 21.9. The highest BCUT2D eigenvalue weighted by molar-refractivity contribution is 7.14. The normalized spacial score (nSPS) is 13.7. The SMILES string of the molecule is Cc1cccc(-c2csc(NC(CNC(=O)c3ccn(C(C)(C)C(F)F)c3)=C3CCC3)n2)n1. The van der Waals surface area contributed by atoms with Crippen molar-refractivity contribution < 1.29 is 13.6 Å². The molecule has 3 heterocycles. The predicted octanol–water partition coefficient (Wildman–Crippen LogP) is 5.60. The molecule has 2 N–H and O–H groups in total. The first kappa shape index (κ1) is 23.1. The van der Waals surface area contributed by atoms with Gasteiger partial charge in [-0.1, -0.05) is 6.07 Å². The molecule has 3 aromatic rings. The summed E-state index contributed by atoms with van der Waals surface area (Å²) in [5.41, 5.74) is 3.72. The minimum Gasteiger partial charge on any atom is -0.346 e. The lowest BCUT2D eigenvalue weighted by Gasteiger charge is -2.25. The Kier molecular flexibility index (Phi) is 6.60. The highest BCUT2D eigenvalue weighted by Gasteiger charge is 2.31. The quantitative estimate of drug-likeness (QED) is 0.449. The molecule has 0 aromatic carbocycles. The second-order valence-electron chi connectivity index (χ2n) is 8.71. The monoisotopic (exact) mass is 471 g/mol. The van der Waals surface area contributed by atoms with E-state index in [0.29, 0.717) is 12.1 Å². The van der Waals surface area contributed by atoms with Crippen LogP contribution < -0.4 is 10.6 Å². The lowest BCUT2D eigenvalue weighted by Crippen LogP contribution is -2.33. The lowest BCUT2D eigenvalue weighted by atomic mass is 9.90. The van der Waals surface area contributed by atoms with E-state index in [4.69, 9.17) is 0 Å². The van der Waals surface area contributed by atoms with Crippen molar-refractivity contribution in [2.45, 2.75) is 52.0 Å². The van der Waals surface area contributed by atoms with E-state index in [0.717, 1.165) is 47.2 Å². The predicted molar refractivity (Wildman–Crippen MR) is 127 cm³/mol. The number of carbonyl (C=O) groups is 1. The number of carbonyl (C=O) groups excluding carboxylic acids is 1. The van der Waals surface area contributed by atoms with Crippen molar-refractivity contribution in [2.75, 3.05) is 11.9 Å². The van der Waals surface area contributed by atoms with Crippen molar-refractivity contribution in [3.8, 4) is 11.4 Å². The molecule has 1 aliphatic rings. The number of aromatic nitrogens is 3. The first-order chi connectivity index (χ1) is 15.7. The molecular formula is C24H27F2N5OS. The van der Waals surface area contributed by atoms with Gasteiger partial charge in [-0.15, -0.1) is 11.3 Å². The third-order valence-electron chi connectivity index (χ3n) is 5.88. The van der Waals surface area contributed by atoms with Crippen LogP contribution in [0.1, 0.15) is 49.2 Å². The maximum absolute atomic E-state index is 13.3. The number of hydrogen-bond acceptors (Lipinski definition) is 5. The second kappa shape index (κ2) is 9.43. The number of halogens is 2. The molecule has 4 rings (SSSR count). The number of rotatable bonds is 8. The van der Waals surface area contributed by atoms with Crippen molar-refractivity contribution >= 4 is 22.4 Å². The zero-order chi connectivity index (χ0) is 23.6. The largest absolute Gasteiger partial charge is 0.346 e. The fourth-order valence-electron chi connectivity index (χ4n) is 3.45. The van der Waals surface area contributed by atoms with Crippen molar-refractivity contribution in [1.29, 1.82) is 0 Å². The molecule has 33 heavy (non-hydrogen) atoms. The molecule has 0 spiro atoms. The first-order valence-electron chi connectivity index (χ1n) is 10.9. The fourth-order valence-corrected chi connectivity index (χ4v) is 4.18. The zero-order valence-corrected chi connectivity index (χ0v) is 19.7. The molecule has 1 saturated carbocycles. The molecule has 0 bridgehead atoms. The Balaban J connectivity index is 1.43. The second-order valence-corrected chi connectivity index (χ2v) is 9.57. The molecule has 0 aliphatic heterocycles. The average molecular weight is 472 g/mol. The molecular weight excluding hydrogens is 444 g/mol. The van der Waals surface area contributed by atoms with E-state index >= 15 is 0 Å². The van der Waals surface area contributed by atoms with Crippen LogP contribution in [0, 0.1) is 6.92 Å². The van der Waals surface area contributed by atoms with Crippen LogP contribution in [0.2, 0.25) is 0 Å². The molecule has 1 amide bonds. The number of pyridine rings is 1. The summed E-state index contributed by atoms with van der Waals surface area (Å²) < 4.78 is 28.0. The van der Waals surface area contributed by atoms with Gasteiger partial charge >= 0.3 is 0 Å². The molecule has 9 heteroatoms. The van der Waals surface area contributed by atoms with E-state index < -0.39 is 12.0 Å². The number of nitrogens with zero attached hydrogens (tertiary/aromatic N) is 3. The van der Waals surface area contributed by atoms with Gasteiger partial charge in [-0.3, -0.25) is 9.78 Å². The van der Waals surface area contributed by atoms with E-state index in [1.807, 2.05) is 30.5 Å². The first-order valence-corrected chi connectivity index (χ1v) is 11.7. The molecule has 1 fully saturated rings. The smallest absolute Gasteiger partial charge is 0.261 e. The average Bonchev–Trinajstić information content (AvgIpc) is 3.41. The van der Waals surface area contributed by atoms with E-state index in [1.54, 1.807) is 6.07 Å². The van der Waals surface area contributed by atoms with Gasteiger partial charge in [0.15, 0.2) is 5.13 Å². The van der Waals surface area contributed by atoms with Crippen molar-refractivity contribution in [2.24, 2.45) is 0 Å². The minimum atomic E-state index is -2.54. The molecule has 0 radical (unpaired) electrons. The maximum atomic E-state index is 13.3. The number of aryl methyl sites for hydroxylation is 1. The van der Waals surface area contributed by atoms with E-state index in [9.17, 15) is 13.6 Å². The van der Waals surface area contributed by atoms with Crippen LogP contribution in [-0.2, 0) is 5.54 Å². The highest BCUT2D eigenvalue weighted by atomic mass is 32.1. The summed E-state index contributed by atoms with van der Waals surface area (Å²) in [6.07, 6.45) is 3.52. The number of thiazole rings is 1. The molecule has 1 aliphatic carbocycles. The summed E-state index contributed by atoms with van der Waals surface area (Å²) in [6.45, 7) is 5.14. The Morgan fingerprint density at radius 1 is 1.21 bits per heavy atom. The lowest BCUT2D eigenvalue weighted by molar-refractivity contribution is 0.0279. The van der Waals surface area contributed by atoms with Crippen LogP contribution in [-0.4, -0.2) is 33.4 Å². The van der Waals surface area contributed by atoms with Crippen LogP contribution in [0.4, 0.5) is 13.9 Å². The number of amides is 1. The van der Waals surface area contributed by atoms with Crippen molar-refractivity contribution in [3.63, 3.8) is 0 Å². The summed E-state index contributed by atoms with van der Waals surface area (Å²) in [7, 11) is 0. The van der Waals surface area contributed by atoms with Gasteiger partial charge in [0, 0.05) is 29.2 Å². The standard InChI is InChI=1S/C24H27F2N5OS/c1-15-6-4-9-18(28-15)20-14-33-23(30-20)29-19(16-7-5-8-16)12-27-21(32)17-10-11-31(13-17)24(2,3)22(25)26/h4,6,9-11,13-14,22H,5,7-8,12H2,1-3H3,(H,27,32)(H,29,30). The minimum absolute atomic E-state index is 0.304. The molecule has 6 nitrogen and oxygen atoms in total. The Morgan fingerprint density at radius 2 is 2.00 bits per heavy atom. The van der Waals surface area contributed by atoms with Gasteiger partial charge in [0.2, 0.25) is 0 Å². The van der Waals surface area contributed by atoms with Gasteiger partial charge in [-0.25, -0.2) is 13.8 Å². The van der Waals surface area contributed by atoms with Gasteiger partial charge in [-0.2, -0.15) is 0 Å². The Labute approximate surface area is 195 Å². The summed E-state index contributed by atoms with van der Waals surface area (Å²) in [5, 5.41) is 8.99. The van der Waals surface area contributed by atoms with E-state index in [-0.39, 0.29) is 5.91 Å². The molecule has 0 saturated heterocycles. The topological polar surface area (TPSA) is 71.8 Å². The highest BCUT2D eigenvalue weighted by Crippen LogP contribution is 2.31. The zero-order valence-electron chi connectivity index (χ0n) is 18.9. The van der Waals surface area contributed by atoms with Gasteiger partial charge in [-0.05, 0) is 63.8 Å². The Morgan fingerprint density at radius 3 is 2.67 bits per heavy atom. The van der Waals surface area contributed by atoms with Crippen LogP contribution in [0.15, 0.2) is 53.3 Å². The molecule has 174 valence electrons. The van der Waals surface area contributed by atoms with E-state index in [2.05, 4.69) is 20.6 Å². The maximum Gasteiger partial charge on any atom is 0.261 e. The molecule has 3 aromatic heterocycles. The van der Waals surface area contributed by atoms with Gasteiger partial charge in [0.05, 0.1) is 23.3 Å². The van der Waals surface area contributed by atoms with Gasteiger partial charge < -0.3 is 15.2 Å². The number of alkyl halides is 2.